The molecule has 0 bridgehead atoms. The molecule has 0 amide bonds. The van der Waals surface area contributed by atoms with Crippen LogP contribution in [0.5, 0.6) is 0 Å². The molecule has 1 rings (SSSR count). The van der Waals surface area contributed by atoms with E-state index in [0.29, 0.717) is 13.0 Å². The SMILES string of the molecule is C.O=C1CC(O)CCO1. The van der Waals surface area contributed by atoms with Gasteiger partial charge < -0.3 is 9.84 Å². The Morgan fingerprint density at radius 3 is 2.67 bits per heavy atom. The van der Waals surface area contributed by atoms with E-state index in [1.54, 1.807) is 0 Å². The van der Waals surface area contributed by atoms with Gasteiger partial charge >= 0.3 is 5.97 Å². The monoisotopic (exact) mass is 132 g/mol. The fourth-order valence-electron chi connectivity index (χ4n) is 0.662. The Morgan fingerprint density at radius 2 is 2.33 bits per heavy atom. The molecule has 0 saturated carbocycles. The van der Waals surface area contributed by atoms with Crippen molar-refractivity contribution >= 4 is 5.97 Å². The zero-order valence-electron chi connectivity index (χ0n) is 4.46. The van der Waals surface area contributed by atoms with Crippen LogP contribution >= 0.6 is 0 Å². The molecule has 1 atom stereocenters. The summed E-state index contributed by atoms with van der Waals surface area (Å²) in [7, 11) is 0. The number of carbonyl (C=O) groups is 1. The van der Waals surface area contributed by atoms with Crippen molar-refractivity contribution in [3.63, 3.8) is 0 Å². The van der Waals surface area contributed by atoms with E-state index >= 15 is 0 Å². The minimum Gasteiger partial charge on any atom is -0.465 e. The maximum Gasteiger partial charge on any atom is 0.308 e. The van der Waals surface area contributed by atoms with Crippen molar-refractivity contribution in [2.24, 2.45) is 0 Å². The molecule has 1 heterocycles. The Labute approximate surface area is 54.6 Å². The first-order valence-corrected chi connectivity index (χ1v) is 2.63. The van der Waals surface area contributed by atoms with Gasteiger partial charge in [-0.05, 0) is 0 Å². The van der Waals surface area contributed by atoms with Crippen molar-refractivity contribution in [3.05, 3.63) is 0 Å². The molecule has 3 nitrogen and oxygen atoms in total. The van der Waals surface area contributed by atoms with Crippen LogP contribution in [0.1, 0.15) is 20.3 Å². The maximum atomic E-state index is 10.3. The number of hydrogen-bond donors (Lipinski definition) is 1. The molecule has 1 aliphatic heterocycles. The highest BCUT2D eigenvalue weighted by atomic mass is 16.5. The molecule has 1 saturated heterocycles. The van der Waals surface area contributed by atoms with Crippen molar-refractivity contribution in [1.82, 2.24) is 0 Å². The average Bonchev–Trinajstić information content (AvgIpc) is 1.64. The van der Waals surface area contributed by atoms with E-state index in [1.165, 1.54) is 0 Å². The predicted molar refractivity (Wildman–Crippen MR) is 32.9 cm³/mol. The number of cyclic esters (lactones) is 1. The second-order valence-corrected chi connectivity index (χ2v) is 1.87. The second kappa shape index (κ2) is 3.45. The number of rotatable bonds is 0. The fourth-order valence-corrected chi connectivity index (χ4v) is 0.662. The van der Waals surface area contributed by atoms with Gasteiger partial charge in [0.1, 0.15) is 0 Å². The number of esters is 1. The zero-order chi connectivity index (χ0) is 5.98. The quantitative estimate of drug-likeness (QED) is 0.483. The van der Waals surface area contributed by atoms with Gasteiger partial charge in [-0.2, -0.15) is 0 Å². The number of ether oxygens (including phenoxy) is 1. The van der Waals surface area contributed by atoms with Crippen LogP contribution < -0.4 is 0 Å². The lowest BCUT2D eigenvalue weighted by Crippen LogP contribution is -2.24. The summed E-state index contributed by atoms with van der Waals surface area (Å²) >= 11 is 0. The molecule has 0 spiro atoms. The first-order valence-electron chi connectivity index (χ1n) is 2.63. The molecule has 9 heavy (non-hydrogen) atoms. The third-order valence-corrected chi connectivity index (χ3v) is 1.12. The van der Waals surface area contributed by atoms with E-state index in [4.69, 9.17) is 5.11 Å². The van der Waals surface area contributed by atoms with Crippen LogP contribution in [0.2, 0.25) is 0 Å². The van der Waals surface area contributed by atoms with Gasteiger partial charge in [0.25, 0.3) is 0 Å². The summed E-state index contributed by atoms with van der Waals surface area (Å²) in [5, 5.41) is 8.78. The standard InChI is InChI=1S/C5H8O3.CH4/c6-4-1-2-8-5(7)3-4;/h4,6H,1-3H2;1H4. The summed E-state index contributed by atoms with van der Waals surface area (Å²) in [6, 6.07) is 0. The largest absolute Gasteiger partial charge is 0.465 e. The smallest absolute Gasteiger partial charge is 0.308 e. The van der Waals surface area contributed by atoms with E-state index in [-0.39, 0.29) is 19.8 Å². The Bertz CT molecular complexity index is 100. The molecule has 1 unspecified atom stereocenters. The highest BCUT2D eigenvalue weighted by Gasteiger charge is 2.16. The summed E-state index contributed by atoms with van der Waals surface area (Å²) in [5.74, 6) is -0.288. The molecular weight excluding hydrogens is 120 g/mol. The van der Waals surface area contributed by atoms with Crippen LogP contribution in [0.3, 0.4) is 0 Å². The normalized spacial score (nSPS) is 26.3. The van der Waals surface area contributed by atoms with Crippen molar-refractivity contribution in [1.29, 1.82) is 0 Å². The Morgan fingerprint density at radius 1 is 1.67 bits per heavy atom. The molecule has 54 valence electrons. The van der Waals surface area contributed by atoms with Crippen molar-refractivity contribution in [2.75, 3.05) is 6.61 Å². The van der Waals surface area contributed by atoms with Crippen molar-refractivity contribution < 1.29 is 14.6 Å². The Balaban J connectivity index is 0.000000640. The van der Waals surface area contributed by atoms with Crippen LogP contribution in [0.25, 0.3) is 0 Å². The lowest BCUT2D eigenvalue weighted by Gasteiger charge is -2.15. The molecule has 0 aromatic heterocycles. The summed E-state index contributed by atoms with van der Waals surface area (Å²) in [6.07, 6.45) is 0.294. The average molecular weight is 132 g/mol. The van der Waals surface area contributed by atoms with E-state index in [9.17, 15) is 4.79 Å². The molecule has 1 N–H and O–H groups in total. The topological polar surface area (TPSA) is 46.5 Å². The van der Waals surface area contributed by atoms with E-state index in [0.717, 1.165) is 0 Å². The van der Waals surface area contributed by atoms with Gasteiger partial charge in [-0.3, -0.25) is 4.79 Å². The molecule has 1 fully saturated rings. The first kappa shape index (κ1) is 8.43. The summed E-state index contributed by atoms with van der Waals surface area (Å²) in [5.41, 5.74) is 0. The molecule has 0 aromatic carbocycles. The van der Waals surface area contributed by atoms with Gasteiger partial charge in [0.2, 0.25) is 0 Å². The minimum atomic E-state index is -0.462. The molecular formula is C6H12O3. The predicted octanol–water partition coefficient (Wildman–Crippen LogP) is 0.320. The lowest BCUT2D eigenvalue weighted by atomic mass is 10.2. The van der Waals surface area contributed by atoms with Crippen LogP contribution in [0, 0.1) is 0 Å². The van der Waals surface area contributed by atoms with Crippen LogP contribution in [0.15, 0.2) is 0 Å². The maximum absolute atomic E-state index is 10.3. The molecule has 0 aliphatic carbocycles. The summed E-state index contributed by atoms with van der Waals surface area (Å²) in [6.45, 7) is 0.375. The molecule has 0 radical (unpaired) electrons. The zero-order valence-corrected chi connectivity index (χ0v) is 4.46. The molecule has 0 aromatic rings. The lowest BCUT2D eigenvalue weighted by molar-refractivity contribution is -0.151. The van der Waals surface area contributed by atoms with Crippen LogP contribution in [0.4, 0.5) is 0 Å². The van der Waals surface area contributed by atoms with Crippen LogP contribution in [-0.2, 0) is 9.53 Å². The van der Waals surface area contributed by atoms with Gasteiger partial charge in [-0.25, -0.2) is 0 Å². The van der Waals surface area contributed by atoms with Gasteiger partial charge in [0, 0.05) is 6.42 Å². The van der Waals surface area contributed by atoms with Gasteiger partial charge in [-0.15, -0.1) is 0 Å². The third kappa shape index (κ3) is 2.46. The molecule has 3 heteroatoms. The summed E-state index contributed by atoms with van der Waals surface area (Å²) < 4.78 is 4.55. The van der Waals surface area contributed by atoms with E-state index in [1.807, 2.05) is 0 Å². The van der Waals surface area contributed by atoms with E-state index < -0.39 is 6.10 Å². The fraction of sp³-hybridized carbons (Fsp3) is 0.833. The van der Waals surface area contributed by atoms with E-state index in [2.05, 4.69) is 4.74 Å². The number of aliphatic hydroxyl groups excluding tert-OH is 1. The first-order chi connectivity index (χ1) is 3.79. The van der Waals surface area contributed by atoms with Gasteiger partial charge in [-0.1, -0.05) is 7.43 Å². The number of hydrogen-bond acceptors (Lipinski definition) is 3. The third-order valence-electron chi connectivity index (χ3n) is 1.12. The highest BCUT2D eigenvalue weighted by molar-refractivity contribution is 5.70. The minimum absolute atomic E-state index is 0. The Hall–Kier alpha value is -0.570. The van der Waals surface area contributed by atoms with Crippen LogP contribution in [-0.4, -0.2) is 23.8 Å². The van der Waals surface area contributed by atoms with Gasteiger partial charge in [0.15, 0.2) is 0 Å². The molecule has 1 aliphatic rings. The highest BCUT2D eigenvalue weighted by Crippen LogP contribution is 2.05. The summed E-state index contributed by atoms with van der Waals surface area (Å²) in [4.78, 5) is 10.3. The number of carbonyl (C=O) groups excluding carboxylic acids is 1. The number of aliphatic hydroxyl groups is 1. The second-order valence-electron chi connectivity index (χ2n) is 1.87. The van der Waals surface area contributed by atoms with Crippen molar-refractivity contribution in [3.8, 4) is 0 Å². The van der Waals surface area contributed by atoms with Crippen molar-refractivity contribution in [2.45, 2.75) is 26.4 Å². The Kier molecular flexibility index (Phi) is 3.24. The van der Waals surface area contributed by atoms with Gasteiger partial charge in [0.05, 0.1) is 19.1 Å².